The fraction of sp³-hybridized carbons (Fsp3) is 0.444. The molecular formula is C27H36N2O5. The van der Waals surface area contributed by atoms with Gasteiger partial charge < -0.3 is 19.9 Å². The molecule has 0 aliphatic carbocycles. The number of benzene rings is 2. The van der Waals surface area contributed by atoms with E-state index in [0.29, 0.717) is 12.3 Å². The SMILES string of the molecule is CC1=C(COc2ccc(CCCN)cc2)N(OCCC(=O)OC(C)(C)C)[C@H](c2ccccc2)O1. The molecule has 2 aromatic carbocycles. The van der Waals surface area contributed by atoms with Crippen LogP contribution in [0, 0.1) is 0 Å². The Balaban J connectivity index is 1.66. The van der Waals surface area contributed by atoms with Crippen LogP contribution in [0.4, 0.5) is 0 Å². The maximum atomic E-state index is 12.1. The molecule has 0 bridgehead atoms. The van der Waals surface area contributed by atoms with E-state index in [-0.39, 0.29) is 25.6 Å². The first kappa shape index (κ1) is 25.6. The molecule has 3 rings (SSSR count). The van der Waals surface area contributed by atoms with Crippen LogP contribution in [0.25, 0.3) is 0 Å². The number of hydrogen-bond donors (Lipinski definition) is 1. The summed E-state index contributed by atoms with van der Waals surface area (Å²) < 4.78 is 17.6. The zero-order valence-corrected chi connectivity index (χ0v) is 20.6. The highest BCUT2D eigenvalue weighted by atomic mass is 16.7. The van der Waals surface area contributed by atoms with Gasteiger partial charge in [-0.15, -0.1) is 0 Å². The van der Waals surface area contributed by atoms with Gasteiger partial charge in [-0.3, -0.25) is 9.63 Å². The van der Waals surface area contributed by atoms with Gasteiger partial charge in [-0.25, -0.2) is 5.06 Å². The van der Waals surface area contributed by atoms with Crippen LogP contribution in [0.2, 0.25) is 0 Å². The van der Waals surface area contributed by atoms with Crippen LogP contribution >= 0.6 is 0 Å². The van der Waals surface area contributed by atoms with Crippen molar-refractivity contribution >= 4 is 5.97 Å². The predicted octanol–water partition coefficient (Wildman–Crippen LogP) is 4.88. The van der Waals surface area contributed by atoms with Gasteiger partial charge in [0.15, 0.2) is 0 Å². The Hall–Kier alpha value is -3.03. The largest absolute Gasteiger partial charge is 0.487 e. The highest BCUT2D eigenvalue weighted by Crippen LogP contribution is 2.37. The van der Waals surface area contributed by atoms with E-state index in [9.17, 15) is 4.79 Å². The Labute approximate surface area is 202 Å². The molecule has 1 heterocycles. The summed E-state index contributed by atoms with van der Waals surface area (Å²) in [5.74, 6) is 1.16. The standard InChI is InChI=1S/C27H36N2O5/c1-20-24(19-31-23-14-12-21(13-15-23)9-8-17-28)29(26(33-20)22-10-6-5-7-11-22)32-18-16-25(30)34-27(2,3)4/h5-7,10-15,26H,8-9,16-19,28H2,1-4H3/t26-/m0/s1. The lowest BCUT2D eigenvalue weighted by atomic mass is 10.1. The number of nitrogens with zero attached hydrogens (tertiary/aromatic N) is 1. The lowest BCUT2D eigenvalue weighted by molar-refractivity contribution is -0.206. The molecule has 0 fully saturated rings. The summed E-state index contributed by atoms with van der Waals surface area (Å²) in [6.45, 7) is 8.53. The van der Waals surface area contributed by atoms with Crippen molar-refractivity contribution in [2.45, 2.75) is 58.8 Å². The maximum absolute atomic E-state index is 12.1. The van der Waals surface area contributed by atoms with Gasteiger partial charge in [0.05, 0.1) is 13.0 Å². The molecule has 184 valence electrons. The van der Waals surface area contributed by atoms with E-state index >= 15 is 0 Å². The quantitative estimate of drug-likeness (QED) is 0.471. The highest BCUT2D eigenvalue weighted by Gasteiger charge is 2.34. The number of ether oxygens (including phenoxy) is 3. The summed E-state index contributed by atoms with van der Waals surface area (Å²) in [6.07, 6.45) is 1.58. The number of nitrogens with two attached hydrogens (primary N) is 1. The average molecular weight is 469 g/mol. The maximum Gasteiger partial charge on any atom is 0.308 e. The smallest absolute Gasteiger partial charge is 0.308 e. The van der Waals surface area contributed by atoms with Crippen molar-refractivity contribution < 1.29 is 23.8 Å². The summed E-state index contributed by atoms with van der Waals surface area (Å²) in [7, 11) is 0. The number of hydroxylamine groups is 2. The molecule has 1 aliphatic rings. The van der Waals surface area contributed by atoms with Crippen LogP contribution in [-0.2, 0) is 25.5 Å². The summed E-state index contributed by atoms with van der Waals surface area (Å²) in [4.78, 5) is 18.2. The molecule has 1 aliphatic heterocycles. The Morgan fingerprint density at radius 3 is 2.44 bits per heavy atom. The number of aryl methyl sites for hydroxylation is 1. The van der Waals surface area contributed by atoms with Crippen LogP contribution in [0.5, 0.6) is 5.75 Å². The van der Waals surface area contributed by atoms with Crippen molar-refractivity contribution in [1.82, 2.24) is 5.06 Å². The molecule has 0 saturated heterocycles. The third kappa shape index (κ3) is 7.50. The van der Waals surface area contributed by atoms with Crippen molar-refractivity contribution in [1.29, 1.82) is 0 Å². The highest BCUT2D eigenvalue weighted by molar-refractivity contribution is 5.69. The molecule has 34 heavy (non-hydrogen) atoms. The number of rotatable bonds is 11. The Morgan fingerprint density at radius 2 is 1.79 bits per heavy atom. The van der Waals surface area contributed by atoms with Gasteiger partial charge in [-0.1, -0.05) is 42.5 Å². The van der Waals surface area contributed by atoms with Gasteiger partial charge in [0.25, 0.3) is 0 Å². The van der Waals surface area contributed by atoms with Crippen LogP contribution in [0.1, 0.15) is 57.9 Å². The molecule has 0 amide bonds. The molecule has 0 spiro atoms. The molecule has 0 aromatic heterocycles. The average Bonchev–Trinajstić information content (AvgIpc) is 3.11. The van der Waals surface area contributed by atoms with E-state index in [0.717, 1.165) is 29.9 Å². The van der Waals surface area contributed by atoms with Gasteiger partial charge >= 0.3 is 5.97 Å². The fourth-order valence-corrected chi connectivity index (χ4v) is 3.54. The van der Waals surface area contributed by atoms with E-state index in [1.54, 1.807) is 5.06 Å². The molecular weight excluding hydrogens is 432 g/mol. The number of carbonyl (C=O) groups excluding carboxylic acids is 1. The molecule has 0 unspecified atom stereocenters. The van der Waals surface area contributed by atoms with Crippen LogP contribution < -0.4 is 10.5 Å². The van der Waals surface area contributed by atoms with E-state index in [1.807, 2.05) is 70.2 Å². The first-order valence-corrected chi connectivity index (χ1v) is 11.7. The van der Waals surface area contributed by atoms with Crippen LogP contribution in [-0.4, -0.2) is 36.4 Å². The molecule has 2 N–H and O–H groups in total. The Kier molecular flexibility index (Phi) is 8.96. The molecule has 7 heteroatoms. The first-order chi connectivity index (χ1) is 16.3. The van der Waals surface area contributed by atoms with Gasteiger partial charge in [0, 0.05) is 5.56 Å². The summed E-state index contributed by atoms with van der Waals surface area (Å²) >= 11 is 0. The van der Waals surface area contributed by atoms with Gasteiger partial charge in [0.1, 0.15) is 29.4 Å². The number of hydrogen-bond acceptors (Lipinski definition) is 7. The number of allylic oxidation sites excluding steroid dienone is 1. The molecule has 1 atom stereocenters. The van der Waals surface area contributed by atoms with E-state index in [2.05, 4.69) is 12.1 Å². The Bertz CT molecular complexity index is 951. The van der Waals surface area contributed by atoms with Crippen molar-refractivity contribution in [2.75, 3.05) is 19.8 Å². The third-order valence-corrected chi connectivity index (χ3v) is 5.18. The summed E-state index contributed by atoms with van der Waals surface area (Å²) in [6, 6.07) is 17.8. The zero-order valence-electron chi connectivity index (χ0n) is 20.6. The first-order valence-electron chi connectivity index (χ1n) is 11.7. The van der Waals surface area contributed by atoms with Crippen molar-refractivity contribution in [3.05, 3.63) is 77.2 Å². The molecule has 0 saturated carbocycles. The predicted molar refractivity (Wildman–Crippen MR) is 131 cm³/mol. The fourth-order valence-electron chi connectivity index (χ4n) is 3.54. The molecule has 7 nitrogen and oxygen atoms in total. The topological polar surface area (TPSA) is 83.2 Å². The lowest BCUT2D eigenvalue weighted by Gasteiger charge is -2.27. The lowest BCUT2D eigenvalue weighted by Crippen LogP contribution is -2.30. The molecule has 0 radical (unpaired) electrons. The molecule has 2 aromatic rings. The normalized spacial score (nSPS) is 15.9. The van der Waals surface area contributed by atoms with Crippen molar-refractivity contribution in [2.24, 2.45) is 5.73 Å². The summed E-state index contributed by atoms with van der Waals surface area (Å²) in [5, 5.41) is 1.70. The van der Waals surface area contributed by atoms with E-state index in [1.165, 1.54) is 5.56 Å². The van der Waals surface area contributed by atoms with Crippen molar-refractivity contribution in [3.8, 4) is 5.75 Å². The van der Waals surface area contributed by atoms with Gasteiger partial charge in [0.2, 0.25) is 6.23 Å². The van der Waals surface area contributed by atoms with Crippen LogP contribution in [0.3, 0.4) is 0 Å². The monoisotopic (exact) mass is 468 g/mol. The van der Waals surface area contributed by atoms with Crippen LogP contribution in [0.15, 0.2) is 66.1 Å². The minimum Gasteiger partial charge on any atom is -0.487 e. The van der Waals surface area contributed by atoms with Crippen molar-refractivity contribution in [3.63, 3.8) is 0 Å². The second kappa shape index (κ2) is 11.9. The summed E-state index contributed by atoms with van der Waals surface area (Å²) in [5.41, 5.74) is 8.01. The Morgan fingerprint density at radius 1 is 1.09 bits per heavy atom. The van der Waals surface area contributed by atoms with E-state index in [4.69, 9.17) is 24.8 Å². The number of carbonyl (C=O) groups is 1. The van der Waals surface area contributed by atoms with Gasteiger partial charge in [-0.2, -0.15) is 0 Å². The van der Waals surface area contributed by atoms with E-state index < -0.39 is 11.8 Å². The second-order valence-electron chi connectivity index (χ2n) is 9.20. The number of esters is 1. The third-order valence-electron chi connectivity index (χ3n) is 5.18. The minimum atomic E-state index is -0.532. The zero-order chi connectivity index (χ0) is 24.6. The van der Waals surface area contributed by atoms with Gasteiger partial charge in [-0.05, 0) is 64.8 Å². The minimum absolute atomic E-state index is 0.132. The second-order valence-corrected chi connectivity index (χ2v) is 9.20.